The van der Waals surface area contributed by atoms with E-state index in [1.807, 2.05) is 25.1 Å². The zero-order valence-electron chi connectivity index (χ0n) is 13.5. The van der Waals surface area contributed by atoms with Crippen LogP contribution in [0.5, 0.6) is 5.75 Å². The van der Waals surface area contributed by atoms with E-state index in [0.717, 1.165) is 18.4 Å². The van der Waals surface area contributed by atoms with Crippen molar-refractivity contribution in [2.75, 3.05) is 6.54 Å². The molecule has 2 aliphatic rings. The second-order valence-corrected chi connectivity index (χ2v) is 8.46. The summed E-state index contributed by atoms with van der Waals surface area (Å²) in [5.41, 5.74) is 0.948. The maximum absolute atomic E-state index is 13.0. The van der Waals surface area contributed by atoms with Gasteiger partial charge in [-0.25, -0.2) is 8.42 Å². The van der Waals surface area contributed by atoms with Crippen LogP contribution in [-0.4, -0.2) is 36.4 Å². The summed E-state index contributed by atoms with van der Waals surface area (Å²) in [6, 6.07) is 10.7. The lowest BCUT2D eigenvalue weighted by Gasteiger charge is -2.26. The van der Waals surface area contributed by atoms with Crippen molar-refractivity contribution >= 4 is 10.0 Å². The smallest absolute Gasteiger partial charge is 0.243 e. The molecule has 2 heterocycles. The molecule has 2 bridgehead atoms. The molecule has 1 aliphatic heterocycles. The van der Waals surface area contributed by atoms with Crippen molar-refractivity contribution in [1.82, 2.24) is 9.29 Å². The van der Waals surface area contributed by atoms with Gasteiger partial charge in [0.05, 0.1) is 17.1 Å². The first kappa shape index (κ1) is 15.6. The maximum Gasteiger partial charge on any atom is 0.243 e. The molecule has 1 aromatic carbocycles. The van der Waals surface area contributed by atoms with E-state index in [0.29, 0.717) is 17.2 Å². The minimum Gasteiger partial charge on any atom is -0.487 e. The van der Waals surface area contributed by atoms with Gasteiger partial charge in [-0.15, -0.1) is 0 Å². The lowest BCUT2D eigenvalue weighted by molar-refractivity contribution is 0.167. The standard InChI is InChI=1S/C18H20N2O3S/c1-13-4-2-6-16(10-13)24(21,22)20-12-14-7-8-17(20)18(14)23-15-5-3-9-19-11-15/h2-6,9-11,14,17-18H,7-8,12H2,1H3. The molecule has 2 aromatic rings. The second-order valence-electron chi connectivity index (χ2n) is 6.57. The summed E-state index contributed by atoms with van der Waals surface area (Å²) in [4.78, 5) is 4.44. The van der Waals surface area contributed by atoms with E-state index in [1.165, 1.54) is 0 Å². The van der Waals surface area contributed by atoms with E-state index < -0.39 is 10.0 Å². The number of hydrogen-bond acceptors (Lipinski definition) is 4. The molecular weight excluding hydrogens is 324 g/mol. The van der Waals surface area contributed by atoms with E-state index in [1.54, 1.807) is 34.9 Å². The molecule has 3 unspecified atom stereocenters. The normalized spacial score (nSPS) is 26.6. The number of fused-ring (bicyclic) bond motifs is 2. The van der Waals surface area contributed by atoms with Crippen molar-refractivity contribution in [1.29, 1.82) is 0 Å². The number of sulfonamides is 1. The van der Waals surface area contributed by atoms with Crippen LogP contribution in [0.3, 0.4) is 0 Å². The molecule has 5 nitrogen and oxygen atoms in total. The topological polar surface area (TPSA) is 59.5 Å². The predicted octanol–water partition coefficient (Wildman–Crippen LogP) is 2.62. The van der Waals surface area contributed by atoms with Crippen LogP contribution >= 0.6 is 0 Å². The Kier molecular flexibility index (Phi) is 3.81. The van der Waals surface area contributed by atoms with Gasteiger partial charge in [0.2, 0.25) is 10.0 Å². The minimum absolute atomic E-state index is 0.0891. The Morgan fingerprint density at radius 2 is 2.08 bits per heavy atom. The minimum atomic E-state index is -3.48. The largest absolute Gasteiger partial charge is 0.487 e. The Bertz CT molecular complexity index is 838. The second kappa shape index (κ2) is 5.86. The van der Waals surface area contributed by atoms with Crippen molar-refractivity contribution in [3.63, 3.8) is 0 Å². The summed E-state index contributed by atoms with van der Waals surface area (Å²) in [5, 5.41) is 0. The summed E-state index contributed by atoms with van der Waals surface area (Å²) < 4.78 is 33.8. The fourth-order valence-corrected chi connectivity index (χ4v) is 5.66. The Morgan fingerprint density at radius 1 is 1.21 bits per heavy atom. The highest BCUT2D eigenvalue weighted by molar-refractivity contribution is 7.89. The van der Waals surface area contributed by atoms with Gasteiger partial charge < -0.3 is 4.74 Å². The summed E-state index contributed by atoms with van der Waals surface area (Å²) in [6.45, 7) is 2.44. The van der Waals surface area contributed by atoms with Gasteiger partial charge in [0, 0.05) is 18.7 Å². The van der Waals surface area contributed by atoms with Gasteiger partial charge in [-0.2, -0.15) is 4.31 Å². The molecule has 1 aliphatic carbocycles. The van der Waals surface area contributed by atoms with Gasteiger partial charge in [0.15, 0.2) is 0 Å². The van der Waals surface area contributed by atoms with Crippen LogP contribution in [-0.2, 0) is 10.0 Å². The number of piperidine rings is 1. The Balaban J connectivity index is 1.60. The van der Waals surface area contributed by atoms with Crippen molar-refractivity contribution in [2.45, 2.75) is 36.8 Å². The number of pyridine rings is 1. The van der Waals surface area contributed by atoms with Gasteiger partial charge >= 0.3 is 0 Å². The maximum atomic E-state index is 13.0. The van der Waals surface area contributed by atoms with E-state index in [-0.39, 0.29) is 18.1 Å². The van der Waals surface area contributed by atoms with Gasteiger partial charge in [-0.05, 0) is 49.6 Å². The van der Waals surface area contributed by atoms with Gasteiger partial charge in [-0.3, -0.25) is 4.98 Å². The Morgan fingerprint density at radius 3 is 2.83 bits per heavy atom. The van der Waals surface area contributed by atoms with E-state index in [2.05, 4.69) is 4.98 Å². The third-order valence-corrected chi connectivity index (χ3v) is 6.85. The summed E-state index contributed by atoms with van der Waals surface area (Å²) in [5.74, 6) is 0.948. The highest BCUT2D eigenvalue weighted by Gasteiger charge is 2.53. The Hall–Kier alpha value is -1.92. The SMILES string of the molecule is Cc1cccc(S(=O)(=O)N2CC3CCC2C3Oc2cccnc2)c1. The first-order valence-electron chi connectivity index (χ1n) is 8.21. The summed E-state index contributed by atoms with van der Waals surface area (Å²) in [7, 11) is -3.48. The van der Waals surface area contributed by atoms with Crippen LogP contribution in [0.1, 0.15) is 18.4 Å². The quantitative estimate of drug-likeness (QED) is 0.855. The molecule has 0 radical (unpaired) electrons. The van der Waals surface area contributed by atoms with Crippen LogP contribution in [0.25, 0.3) is 0 Å². The molecule has 1 aromatic heterocycles. The molecule has 0 N–H and O–H groups in total. The molecule has 0 amide bonds. The highest BCUT2D eigenvalue weighted by Crippen LogP contribution is 2.42. The number of ether oxygens (including phenoxy) is 1. The first-order chi connectivity index (χ1) is 11.6. The number of aromatic nitrogens is 1. The zero-order valence-corrected chi connectivity index (χ0v) is 14.3. The predicted molar refractivity (Wildman–Crippen MR) is 90.2 cm³/mol. The van der Waals surface area contributed by atoms with Crippen LogP contribution in [0.2, 0.25) is 0 Å². The lowest BCUT2D eigenvalue weighted by Crippen LogP contribution is -2.40. The molecule has 6 heteroatoms. The molecular formula is C18H20N2O3S. The molecule has 2 fully saturated rings. The van der Waals surface area contributed by atoms with Gasteiger partial charge in [0.25, 0.3) is 0 Å². The average molecular weight is 344 g/mol. The fraction of sp³-hybridized carbons (Fsp3) is 0.389. The van der Waals surface area contributed by atoms with Crippen molar-refractivity contribution < 1.29 is 13.2 Å². The monoisotopic (exact) mass is 344 g/mol. The molecule has 24 heavy (non-hydrogen) atoms. The van der Waals surface area contributed by atoms with Crippen LogP contribution in [0, 0.1) is 12.8 Å². The molecule has 0 spiro atoms. The third-order valence-electron chi connectivity index (χ3n) is 4.96. The van der Waals surface area contributed by atoms with E-state index >= 15 is 0 Å². The van der Waals surface area contributed by atoms with Gasteiger partial charge in [-0.1, -0.05) is 12.1 Å². The summed E-state index contributed by atoms with van der Waals surface area (Å²) >= 11 is 0. The van der Waals surface area contributed by atoms with Crippen LogP contribution < -0.4 is 4.74 Å². The third kappa shape index (κ3) is 2.59. The first-order valence-corrected chi connectivity index (χ1v) is 9.65. The van der Waals surface area contributed by atoms with Crippen molar-refractivity contribution in [3.05, 3.63) is 54.4 Å². The number of rotatable bonds is 4. The molecule has 4 rings (SSSR count). The fourth-order valence-electron chi connectivity index (χ4n) is 3.83. The zero-order chi connectivity index (χ0) is 16.7. The lowest BCUT2D eigenvalue weighted by atomic mass is 10.1. The van der Waals surface area contributed by atoms with E-state index in [9.17, 15) is 8.42 Å². The van der Waals surface area contributed by atoms with Crippen LogP contribution in [0.15, 0.2) is 53.7 Å². The highest BCUT2D eigenvalue weighted by atomic mass is 32.2. The van der Waals surface area contributed by atoms with Crippen molar-refractivity contribution in [3.8, 4) is 5.75 Å². The van der Waals surface area contributed by atoms with Crippen molar-refractivity contribution in [2.24, 2.45) is 5.92 Å². The number of hydrogen-bond donors (Lipinski definition) is 0. The van der Waals surface area contributed by atoms with Gasteiger partial charge in [0.1, 0.15) is 11.9 Å². The number of nitrogens with zero attached hydrogens (tertiary/aromatic N) is 2. The van der Waals surface area contributed by atoms with Crippen LogP contribution in [0.4, 0.5) is 0 Å². The number of aryl methyl sites for hydroxylation is 1. The summed E-state index contributed by atoms with van der Waals surface area (Å²) in [6.07, 6.45) is 5.14. The number of benzene rings is 1. The molecule has 126 valence electrons. The Labute approximate surface area is 142 Å². The average Bonchev–Trinajstić information content (AvgIpc) is 3.13. The molecule has 3 atom stereocenters. The molecule has 1 saturated heterocycles. The molecule has 1 saturated carbocycles. The van der Waals surface area contributed by atoms with E-state index in [4.69, 9.17) is 4.74 Å².